The number of carbonyl (C=O) groups is 3. The number of benzene rings is 3. The molecule has 0 aliphatic carbocycles. The molecule has 0 bridgehead atoms. The van der Waals surface area contributed by atoms with Crippen LogP contribution < -0.4 is 20.9 Å². The summed E-state index contributed by atoms with van der Waals surface area (Å²) in [7, 11) is 1.68. The van der Waals surface area contributed by atoms with E-state index in [9.17, 15) is 14.4 Å². The second-order valence-corrected chi connectivity index (χ2v) is 11.5. The number of aliphatic imine (C=N–C) groups is 1. The first-order chi connectivity index (χ1) is 19.6. The van der Waals surface area contributed by atoms with Crippen molar-refractivity contribution >= 4 is 46.9 Å². The molecule has 0 radical (unpaired) electrons. The smallest absolute Gasteiger partial charge is 0.407 e. The first-order valence-corrected chi connectivity index (χ1v) is 14.5. The monoisotopic (exact) mass is 573 g/mol. The van der Waals surface area contributed by atoms with Crippen LogP contribution in [0, 0.1) is 0 Å². The molecule has 0 aromatic heterocycles. The van der Waals surface area contributed by atoms with Gasteiger partial charge in [-0.2, -0.15) is 11.8 Å². The number of thioether (sulfide) groups is 1. The minimum absolute atomic E-state index is 0.344. The molecule has 1 atom stereocenters. The predicted molar refractivity (Wildman–Crippen MR) is 165 cm³/mol. The third kappa shape index (κ3) is 8.34. The van der Waals surface area contributed by atoms with Crippen LogP contribution in [0.15, 0.2) is 83.9 Å². The summed E-state index contributed by atoms with van der Waals surface area (Å²) < 4.78 is 5.24. The van der Waals surface area contributed by atoms with Crippen LogP contribution in [-0.4, -0.2) is 54.9 Å². The zero-order valence-electron chi connectivity index (χ0n) is 23.6. The van der Waals surface area contributed by atoms with Crippen molar-refractivity contribution in [3.8, 4) is 0 Å². The number of urea groups is 1. The molecular weight excluding hydrogens is 538 g/mol. The van der Waals surface area contributed by atoms with E-state index in [1.165, 1.54) is 4.90 Å². The van der Waals surface area contributed by atoms with Gasteiger partial charge in [-0.1, -0.05) is 60.7 Å². The molecular formula is C31H35N5O4S. The SMILES string of the molecule is CN1C(=O)[C@H](NC(=O)Nc2cccc(CSCCNC(=O)OC(C)(C)C)c2)N=C(c2ccccc2)c2ccccc21. The largest absolute Gasteiger partial charge is 0.444 e. The molecule has 0 saturated heterocycles. The highest BCUT2D eigenvalue weighted by molar-refractivity contribution is 7.98. The van der Waals surface area contributed by atoms with Crippen LogP contribution in [0.3, 0.4) is 0 Å². The molecule has 9 nitrogen and oxygen atoms in total. The normalized spacial score (nSPS) is 14.8. The van der Waals surface area contributed by atoms with Crippen LogP contribution in [0.2, 0.25) is 0 Å². The number of nitrogens with one attached hydrogen (secondary N) is 3. The Balaban J connectivity index is 1.38. The van der Waals surface area contributed by atoms with E-state index in [0.717, 1.165) is 22.4 Å². The Bertz CT molecular complexity index is 1420. The zero-order chi connectivity index (χ0) is 29.4. The average Bonchev–Trinajstić information content (AvgIpc) is 3.03. The number of alkyl carbamates (subject to hydrolysis) is 1. The molecule has 41 heavy (non-hydrogen) atoms. The maximum Gasteiger partial charge on any atom is 0.407 e. The Hall–Kier alpha value is -4.31. The molecule has 1 aliphatic rings. The van der Waals surface area contributed by atoms with E-state index in [1.54, 1.807) is 24.9 Å². The second kappa shape index (κ2) is 13.4. The summed E-state index contributed by atoms with van der Waals surface area (Å²) in [4.78, 5) is 44.4. The van der Waals surface area contributed by atoms with Crippen molar-refractivity contribution in [2.45, 2.75) is 38.3 Å². The highest BCUT2D eigenvalue weighted by atomic mass is 32.2. The number of carbonyl (C=O) groups excluding carboxylic acids is 3. The summed E-state index contributed by atoms with van der Waals surface area (Å²) in [6, 6.07) is 24.1. The van der Waals surface area contributed by atoms with Crippen molar-refractivity contribution in [1.29, 1.82) is 0 Å². The molecule has 0 spiro atoms. The molecule has 0 saturated carbocycles. The molecule has 4 amide bonds. The lowest BCUT2D eigenvalue weighted by atomic mass is 10.0. The fourth-order valence-corrected chi connectivity index (χ4v) is 5.01. The number of nitrogens with zero attached hydrogens (tertiary/aromatic N) is 2. The lowest BCUT2D eigenvalue weighted by Crippen LogP contribution is -2.47. The number of benzodiazepines with no additional fused rings is 1. The van der Waals surface area contributed by atoms with Gasteiger partial charge in [0.2, 0.25) is 6.17 Å². The van der Waals surface area contributed by atoms with Gasteiger partial charge >= 0.3 is 12.1 Å². The van der Waals surface area contributed by atoms with Crippen molar-refractivity contribution in [2.75, 3.05) is 29.6 Å². The van der Waals surface area contributed by atoms with Crippen molar-refractivity contribution in [1.82, 2.24) is 10.6 Å². The molecule has 10 heteroatoms. The summed E-state index contributed by atoms with van der Waals surface area (Å²) in [5.41, 5.74) is 4.08. The van der Waals surface area contributed by atoms with Gasteiger partial charge in [-0.25, -0.2) is 14.6 Å². The van der Waals surface area contributed by atoms with Gasteiger partial charge in [0, 0.05) is 41.9 Å². The van der Waals surface area contributed by atoms with E-state index in [-0.39, 0.29) is 5.91 Å². The van der Waals surface area contributed by atoms with Crippen molar-refractivity contribution < 1.29 is 19.1 Å². The van der Waals surface area contributed by atoms with Gasteiger partial charge in [0.15, 0.2) is 0 Å². The maximum absolute atomic E-state index is 13.3. The first-order valence-electron chi connectivity index (χ1n) is 13.3. The number of ether oxygens (including phenoxy) is 1. The maximum atomic E-state index is 13.3. The topological polar surface area (TPSA) is 112 Å². The number of fused-ring (bicyclic) bond motifs is 1. The van der Waals surface area contributed by atoms with E-state index in [1.807, 2.05) is 93.6 Å². The lowest BCUT2D eigenvalue weighted by molar-refractivity contribution is -0.119. The van der Waals surface area contributed by atoms with Crippen LogP contribution in [0.25, 0.3) is 0 Å². The third-order valence-electron chi connectivity index (χ3n) is 6.03. The van der Waals surface area contributed by atoms with Gasteiger partial charge in [-0.05, 0) is 44.5 Å². The highest BCUT2D eigenvalue weighted by Gasteiger charge is 2.31. The minimum atomic E-state index is -1.11. The van der Waals surface area contributed by atoms with E-state index in [2.05, 4.69) is 16.0 Å². The Kier molecular flexibility index (Phi) is 9.67. The van der Waals surface area contributed by atoms with Gasteiger partial charge in [0.1, 0.15) is 5.60 Å². The van der Waals surface area contributed by atoms with Gasteiger partial charge in [0.05, 0.1) is 11.4 Å². The number of para-hydroxylation sites is 1. The second-order valence-electron chi connectivity index (χ2n) is 10.4. The Morgan fingerprint density at radius 2 is 1.73 bits per heavy atom. The van der Waals surface area contributed by atoms with Gasteiger partial charge < -0.3 is 25.6 Å². The fraction of sp³-hybridized carbons (Fsp3) is 0.290. The van der Waals surface area contributed by atoms with Crippen molar-refractivity contribution in [3.05, 3.63) is 95.6 Å². The fourth-order valence-electron chi connectivity index (χ4n) is 4.20. The number of anilines is 2. The number of amides is 4. The average molecular weight is 574 g/mol. The van der Waals surface area contributed by atoms with Crippen LogP contribution in [-0.2, 0) is 15.3 Å². The molecule has 0 fully saturated rings. The van der Waals surface area contributed by atoms with Crippen LogP contribution in [0.4, 0.5) is 21.0 Å². The number of rotatable bonds is 8. The summed E-state index contributed by atoms with van der Waals surface area (Å²) in [6.07, 6.45) is -1.54. The molecule has 214 valence electrons. The van der Waals surface area contributed by atoms with Gasteiger partial charge in [-0.15, -0.1) is 0 Å². The molecule has 4 rings (SSSR count). The number of likely N-dealkylation sites (N-methyl/N-ethyl adjacent to an activating group) is 1. The molecule has 1 aliphatic heterocycles. The van der Waals surface area contributed by atoms with Crippen LogP contribution in [0.1, 0.15) is 37.5 Å². The minimum Gasteiger partial charge on any atom is -0.444 e. The Morgan fingerprint density at radius 1 is 1.00 bits per heavy atom. The molecule has 3 aromatic rings. The molecule has 3 N–H and O–H groups in total. The van der Waals surface area contributed by atoms with E-state index < -0.39 is 23.9 Å². The Morgan fingerprint density at radius 3 is 2.49 bits per heavy atom. The molecule has 0 unspecified atom stereocenters. The summed E-state index contributed by atoms with van der Waals surface area (Å²) in [5.74, 6) is 1.06. The lowest BCUT2D eigenvalue weighted by Gasteiger charge is -2.21. The van der Waals surface area contributed by atoms with Crippen LogP contribution >= 0.6 is 11.8 Å². The first kappa shape index (κ1) is 29.7. The number of hydrogen-bond acceptors (Lipinski definition) is 6. The van der Waals surface area contributed by atoms with Crippen molar-refractivity contribution in [2.24, 2.45) is 4.99 Å². The van der Waals surface area contributed by atoms with Gasteiger partial charge in [0.25, 0.3) is 5.91 Å². The highest BCUT2D eigenvalue weighted by Crippen LogP contribution is 2.27. The number of hydrogen-bond donors (Lipinski definition) is 3. The summed E-state index contributed by atoms with van der Waals surface area (Å²) >= 11 is 1.65. The predicted octanol–water partition coefficient (Wildman–Crippen LogP) is 5.41. The molecule has 3 aromatic carbocycles. The third-order valence-corrected chi connectivity index (χ3v) is 7.06. The van der Waals surface area contributed by atoms with E-state index in [4.69, 9.17) is 9.73 Å². The quantitative estimate of drug-likeness (QED) is 0.312. The van der Waals surface area contributed by atoms with Crippen molar-refractivity contribution in [3.63, 3.8) is 0 Å². The Labute approximate surface area is 244 Å². The van der Waals surface area contributed by atoms with Crippen LogP contribution in [0.5, 0.6) is 0 Å². The van der Waals surface area contributed by atoms with Gasteiger partial charge in [-0.3, -0.25) is 4.79 Å². The van der Waals surface area contributed by atoms with E-state index >= 15 is 0 Å². The summed E-state index contributed by atoms with van der Waals surface area (Å²) in [5, 5.41) is 8.31. The molecule has 1 heterocycles. The van der Waals surface area contributed by atoms with E-state index in [0.29, 0.717) is 29.4 Å². The standard InChI is InChI=1S/C31H35N5O4S/c1-31(2,3)40-30(39)32-17-18-41-20-21-11-10-14-23(19-21)33-29(38)35-27-28(37)36(4)25-16-9-8-15-24(25)26(34-27)22-12-6-5-7-13-22/h5-16,19,27H,17-18,20H2,1-4H3,(H,32,39)(H2,33,35,38)/t27-/m0/s1. The zero-order valence-corrected chi connectivity index (χ0v) is 24.5. The summed E-state index contributed by atoms with van der Waals surface area (Å²) in [6.45, 7) is 5.95.